The molecule has 0 saturated heterocycles. The number of carbonyl (C=O) groups excluding carboxylic acids is 1. The Morgan fingerprint density at radius 3 is 2.40 bits per heavy atom. The number of benzene rings is 1. The van der Waals surface area contributed by atoms with E-state index in [4.69, 9.17) is 16.3 Å². The van der Waals surface area contributed by atoms with Gasteiger partial charge in [-0.3, -0.25) is 4.79 Å². The van der Waals surface area contributed by atoms with Crippen molar-refractivity contribution in [2.75, 3.05) is 0 Å². The summed E-state index contributed by atoms with van der Waals surface area (Å²) in [6.45, 7) is 2.23. The third-order valence-electron chi connectivity index (χ3n) is 3.11. The normalized spacial score (nSPS) is 10.9. The van der Waals surface area contributed by atoms with Crippen molar-refractivity contribution in [1.82, 2.24) is 0 Å². The smallest absolute Gasteiger partial charge is 0.252 e. The summed E-state index contributed by atoms with van der Waals surface area (Å²) in [5, 5.41) is -0.449. The van der Waals surface area contributed by atoms with Crippen molar-refractivity contribution in [2.45, 2.75) is 51.9 Å². The predicted molar refractivity (Wildman–Crippen MR) is 84.4 cm³/mol. The first-order chi connectivity index (χ1) is 9.74. The molecule has 0 unspecified atom stereocenters. The van der Waals surface area contributed by atoms with Crippen molar-refractivity contribution in [3.05, 3.63) is 42.2 Å². The first-order valence-electron chi connectivity index (χ1n) is 7.35. The molecular weight excluding hydrogens is 272 g/mol. The first kappa shape index (κ1) is 16.8. The van der Waals surface area contributed by atoms with Crippen LogP contribution < -0.4 is 4.74 Å². The van der Waals surface area contributed by atoms with Gasteiger partial charge in [-0.2, -0.15) is 0 Å². The number of unbranched alkanes of at least 4 members (excludes halogenated alkanes) is 6. The lowest BCUT2D eigenvalue weighted by molar-refractivity contribution is 0.108. The van der Waals surface area contributed by atoms with Crippen LogP contribution in [0.25, 0.3) is 0 Å². The summed E-state index contributed by atoms with van der Waals surface area (Å²) in [4.78, 5) is 10.9. The van der Waals surface area contributed by atoms with Crippen LogP contribution in [-0.2, 0) is 0 Å². The Hall–Kier alpha value is -1.28. The van der Waals surface area contributed by atoms with E-state index in [9.17, 15) is 4.79 Å². The molecule has 0 spiro atoms. The molecule has 0 atom stereocenters. The van der Waals surface area contributed by atoms with Gasteiger partial charge in [-0.05, 0) is 54.8 Å². The van der Waals surface area contributed by atoms with Crippen LogP contribution in [0.4, 0.5) is 0 Å². The Kier molecular flexibility index (Phi) is 8.81. The molecule has 0 N–H and O–H groups in total. The summed E-state index contributed by atoms with van der Waals surface area (Å²) < 4.78 is 5.45. The second-order valence-corrected chi connectivity index (χ2v) is 5.19. The van der Waals surface area contributed by atoms with Gasteiger partial charge in [0.15, 0.2) is 0 Å². The number of rotatable bonds is 10. The van der Waals surface area contributed by atoms with Crippen LogP contribution in [0.3, 0.4) is 0 Å². The van der Waals surface area contributed by atoms with Gasteiger partial charge in [-0.15, -0.1) is 0 Å². The number of ether oxygens (including phenoxy) is 1. The number of carbonyl (C=O) groups is 1. The second-order valence-electron chi connectivity index (χ2n) is 4.84. The molecule has 0 heterocycles. The van der Waals surface area contributed by atoms with Gasteiger partial charge in [0.25, 0.3) is 5.24 Å². The van der Waals surface area contributed by atoms with Crippen LogP contribution in [0.15, 0.2) is 36.6 Å². The average Bonchev–Trinajstić information content (AvgIpc) is 2.46. The van der Waals surface area contributed by atoms with Crippen LogP contribution in [0.1, 0.15) is 62.2 Å². The van der Waals surface area contributed by atoms with Gasteiger partial charge in [0.05, 0.1) is 6.26 Å². The summed E-state index contributed by atoms with van der Waals surface area (Å²) >= 11 is 5.37. The summed E-state index contributed by atoms with van der Waals surface area (Å²) in [6.07, 6.45) is 12.6. The van der Waals surface area contributed by atoms with Crippen LogP contribution in [0.5, 0.6) is 5.75 Å². The minimum absolute atomic E-state index is 0.449. The van der Waals surface area contributed by atoms with Gasteiger partial charge in [-0.25, -0.2) is 0 Å². The van der Waals surface area contributed by atoms with Gasteiger partial charge in [0, 0.05) is 5.56 Å². The van der Waals surface area contributed by atoms with Crippen LogP contribution >= 0.6 is 11.6 Å². The molecule has 110 valence electrons. The molecule has 0 aliphatic heterocycles. The standard InChI is InChI=1S/C17H23ClO2/c1-2-3-4-5-6-7-8-9-14-20-16-12-10-15(11-13-16)17(18)19/h9-14H,2-8H2,1H3. The molecule has 0 radical (unpaired) electrons. The topological polar surface area (TPSA) is 26.3 Å². The van der Waals surface area contributed by atoms with Crippen molar-refractivity contribution in [1.29, 1.82) is 0 Å². The van der Waals surface area contributed by atoms with Crippen molar-refractivity contribution < 1.29 is 9.53 Å². The molecule has 0 bridgehead atoms. The van der Waals surface area contributed by atoms with E-state index in [0.717, 1.165) is 6.42 Å². The van der Waals surface area contributed by atoms with E-state index in [-0.39, 0.29) is 0 Å². The molecule has 0 aromatic heterocycles. The number of hydrogen-bond acceptors (Lipinski definition) is 2. The van der Waals surface area contributed by atoms with Crippen LogP contribution in [0.2, 0.25) is 0 Å². The molecule has 0 saturated carbocycles. The molecule has 20 heavy (non-hydrogen) atoms. The van der Waals surface area contributed by atoms with Crippen molar-refractivity contribution in [2.24, 2.45) is 0 Å². The number of halogens is 1. The molecule has 0 fully saturated rings. The van der Waals surface area contributed by atoms with E-state index in [2.05, 4.69) is 6.92 Å². The second kappa shape index (κ2) is 10.5. The SMILES string of the molecule is CCCCCCCCC=COc1ccc(C(=O)Cl)cc1. The Morgan fingerprint density at radius 2 is 1.75 bits per heavy atom. The maximum absolute atomic E-state index is 10.9. The highest BCUT2D eigenvalue weighted by Gasteiger charge is 2.00. The summed E-state index contributed by atoms with van der Waals surface area (Å²) in [6, 6.07) is 6.80. The molecule has 3 heteroatoms. The van der Waals surface area contributed by atoms with E-state index in [1.54, 1.807) is 30.5 Å². The number of hydrogen-bond donors (Lipinski definition) is 0. The third kappa shape index (κ3) is 7.34. The van der Waals surface area contributed by atoms with Crippen molar-refractivity contribution >= 4 is 16.8 Å². The molecule has 1 aromatic rings. The summed E-state index contributed by atoms with van der Waals surface area (Å²) in [5.74, 6) is 0.714. The highest BCUT2D eigenvalue weighted by atomic mass is 35.5. The van der Waals surface area contributed by atoms with Crippen LogP contribution in [0, 0.1) is 0 Å². The predicted octanol–water partition coefficient (Wildman–Crippen LogP) is 5.71. The van der Waals surface area contributed by atoms with E-state index >= 15 is 0 Å². The van der Waals surface area contributed by atoms with E-state index in [1.165, 1.54) is 38.5 Å². The molecule has 0 aliphatic carbocycles. The van der Waals surface area contributed by atoms with Gasteiger partial charge in [0.2, 0.25) is 0 Å². The fraction of sp³-hybridized carbons (Fsp3) is 0.471. The van der Waals surface area contributed by atoms with Gasteiger partial charge in [-0.1, -0.05) is 39.0 Å². The molecule has 1 rings (SSSR count). The zero-order valence-corrected chi connectivity index (χ0v) is 12.9. The lowest BCUT2D eigenvalue weighted by Gasteiger charge is -2.01. The van der Waals surface area contributed by atoms with E-state index in [1.807, 2.05) is 6.08 Å². The monoisotopic (exact) mass is 294 g/mol. The Balaban J connectivity index is 2.13. The quantitative estimate of drug-likeness (QED) is 0.314. The molecular formula is C17H23ClO2. The molecule has 0 aliphatic rings. The first-order valence-corrected chi connectivity index (χ1v) is 7.73. The fourth-order valence-corrected chi connectivity index (χ4v) is 2.03. The van der Waals surface area contributed by atoms with Crippen molar-refractivity contribution in [3.8, 4) is 5.75 Å². The third-order valence-corrected chi connectivity index (χ3v) is 3.32. The largest absolute Gasteiger partial charge is 0.465 e. The fourth-order valence-electron chi connectivity index (χ4n) is 1.90. The van der Waals surface area contributed by atoms with E-state index in [0.29, 0.717) is 11.3 Å². The lowest BCUT2D eigenvalue weighted by Crippen LogP contribution is -1.88. The molecule has 0 amide bonds. The highest BCUT2D eigenvalue weighted by Crippen LogP contribution is 2.14. The van der Waals surface area contributed by atoms with E-state index < -0.39 is 5.24 Å². The Morgan fingerprint density at radius 1 is 1.10 bits per heavy atom. The molecule has 1 aromatic carbocycles. The van der Waals surface area contributed by atoms with Gasteiger partial charge >= 0.3 is 0 Å². The average molecular weight is 295 g/mol. The summed E-state index contributed by atoms with van der Waals surface area (Å²) in [5.41, 5.74) is 0.482. The minimum Gasteiger partial charge on any atom is -0.465 e. The Bertz CT molecular complexity index is 410. The maximum Gasteiger partial charge on any atom is 0.252 e. The number of allylic oxidation sites excluding steroid dienone is 1. The van der Waals surface area contributed by atoms with Gasteiger partial charge < -0.3 is 4.74 Å². The zero-order valence-electron chi connectivity index (χ0n) is 12.1. The summed E-state index contributed by atoms with van der Waals surface area (Å²) in [7, 11) is 0. The zero-order chi connectivity index (χ0) is 14.6. The van der Waals surface area contributed by atoms with Crippen molar-refractivity contribution in [3.63, 3.8) is 0 Å². The highest BCUT2D eigenvalue weighted by molar-refractivity contribution is 6.67. The van der Waals surface area contributed by atoms with Crippen LogP contribution in [-0.4, -0.2) is 5.24 Å². The minimum atomic E-state index is -0.449. The maximum atomic E-state index is 10.9. The molecule has 2 nitrogen and oxygen atoms in total. The lowest BCUT2D eigenvalue weighted by atomic mass is 10.1. The van der Waals surface area contributed by atoms with Gasteiger partial charge in [0.1, 0.15) is 5.75 Å². The Labute approximate surface area is 126 Å².